The molecule has 7 nitrogen and oxygen atoms in total. The van der Waals surface area contributed by atoms with Crippen LogP contribution in [0, 0.1) is 0 Å². The first-order valence-corrected chi connectivity index (χ1v) is 12.3. The van der Waals surface area contributed by atoms with Crippen LogP contribution in [0.25, 0.3) is 0 Å². The molecule has 1 N–H and O–H groups in total. The lowest BCUT2D eigenvalue weighted by atomic mass is 9.92. The third-order valence-corrected chi connectivity index (χ3v) is 6.69. The first-order chi connectivity index (χ1) is 16.4. The second-order valence-corrected chi connectivity index (χ2v) is 9.30. The minimum Gasteiger partial charge on any atom is -0.467 e. The van der Waals surface area contributed by atoms with Gasteiger partial charge in [-0.25, -0.2) is 9.79 Å². The van der Waals surface area contributed by atoms with Gasteiger partial charge in [-0.1, -0.05) is 49.9 Å². The fourth-order valence-electron chi connectivity index (χ4n) is 4.04. The summed E-state index contributed by atoms with van der Waals surface area (Å²) in [6, 6.07) is 11.5. The van der Waals surface area contributed by atoms with Crippen LogP contribution in [0.1, 0.15) is 63.0 Å². The number of ether oxygens (including phenoxy) is 1. The third-order valence-electron chi connectivity index (χ3n) is 5.80. The highest BCUT2D eigenvalue weighted by Gasteiger charge is 2.41. The fraction of sp³-hybridized carbons (Fsp3) is 0.346. The van der Waals surface area contributed by atoms with Gasteiger partial charge in [0, 0.05) is 5.70 Å². The highest BCUT2D eigenvalue weighted by atomic mass is 32.2. The maximum Gasteiger partial charge on any atom is 0.338 e. The van der Waals surface area contributed by atoms with E-state index in [9.17, 15) is 9.59 Å². The van der Waals surface area contributed by atoms with Gasteiger partial charge in [-0.3, -0.25) is 4.79 Å². The van der Waals surface area contributed by atoms with Crippen molar-refractivity contribution in [3.8, 4) is 0 Å². The van der Waals surface area contributed by atoms with E-state index < -0.39 is 6.04 Å². The van der Waals surface area contributed by atoms with E-state index >= 15 is 0 Å². The van der Waals surface area contributed by atoms with Crippen molar-refractivity contribution < 1.29 is 18.7 Å². The lowest BCUT2D eigenvalue weighted by molar-refractivity contribution is -0.139. The predicted octanol–water partition coefficient (Wildman–Crippen LogP) is 5.25. The highest BCUT2D eigenvalue weighted by molar-refractivity contribution is 8.16. The summed E-state index contributed by atoms with van der Waals surface area (Å²) < 4.78 is 10.7. The average molecular weight is 480 g/mol. The summed E-state index contributed by atoms with van der Waals surface area (Å²) in [5.74, 6) is 0.561. The van der Waals surface area contributed by atoms with Crippen molar-refractivity contribution in [2.75, 3.05) is 6.61 Å². The molecule has 0 unspecified atom stereocenters. The van der Waals surface area contributed by atoms with Crippen LogP contribution in [0.4, 0.5) is 0 Å². The van der Waals surface area contributed by atoms with Gasteiger partial charge in [-0.05, 0) is 48.4 Å². The Balaban J connectivity index is 1.63. The molecule has 1 amide bonds. The van der Waals surface area contributed by atoms with Gasteiger partial charge in [-0.15, -0.1) is 0 Å². The zero-order chi connectivity index (χ0) is 24.2. The summed E-state index contributed by atoms with van der Waals surface area (Å²) in [5, 5.41) is 5.57. The van der Waals surface area contributed by atoms with Gasteiger partial charge >= 0.3 is 5.97 Å². The smallest absolute Gasteiger partial charge is 0.338 e. The van der Waals surface area contributed by atoms with Crippen LogP contribution < -0.4 is 5.32 Å². The van der Waals surface area contributed by atoms with Crippen molar-refractivity contribution in [1.29, 1.82) is 0 Å². The van der Waals surface area contributed by atoms with Crippen molar-refractivity contribution in [3.05, 3.63) is 81.9 Å². The van der Waals surface area contributed by atoms with Crippen molar-refractivity contribution in [2.45, 2.75) is 52.6 Å². The van der Waals surface area contributed by atoms with Crippen molar-refractivity contribution in [2.24, 2.45) is 4.99 Å². The molecule has 3 heterocycles. The summed E-state index contributed by atoms with van der Waals surface area (Å²) in [5.41, 5.74) is 4.08. The molecule has 1 aromatic carbocycles. The lowest BCUT2D eigenvalue weighted by Gasteiger charge is -2.36. The zero-order valence-corrected chi connectivity index (χ0v) is 20.6. The van der Waals surface area contributed by atoms with E-state index in [-0.39, 0.29) is 24.9 Å². The molecule has 34 heavy (non-hydrogen) atoms. The maximum atomic E-state index is 13.0. The first-order valence-electron chi connectivity index (χ1n) is 11.4. The number of amidine groups is 1. The Hall–Kier alpha value is -3.26. The number of aliphatic imine (C=N–C) groups is 1. The second kappa shape index (κ2) is 10.3. The SMILES string of the molecule is CCOC(=O)C1=C(C)N=C2SC=C(CC(=O)NCc3ccco3)N2[C@H]1c1ccc(C(C)C)cc1. The molecule has 2 aliphatic heterocycles. The number of thioether (sulfide) groups is 1. The van der Waals surface area contributed by atoms with Gasteiger partial charge in [0.25, 0.3) is 0 Å². The molecule has 4 rings (SSSR count). The monoisotopic (exact) mass is 479 g/mol. The van der Waals surface area contributed by atoms with Crippen LogP contribution in [0.5, 0.6) is 0 Å². The molecule has 2 aliphatic rings. The fourth-order valence-corrected chi connectivity index (χ4v) is 5.01. The van der Waals surface area contributed by atoms with Crippen LogP contribution >= 0.6 is 11.8 Å². The van der Waals surface area contributed by atoms with E-state index in [1.165, 1.54) is 17.3 Å². The number of nitrogens with one attached hydrogen (secondary N) is 1. The van der Waals surface area contributed by atoms with E-state index in [4.69, 9.17) is 9.15 Å². The molecule has 1 aromatic heterocycles. The molecular weight excluding hydrogens is 450 g/mol. The summed E-state index contributed by atoms with van der Waals surface area (Å²) in [4.78, 5) is 32.4. The Kier molecular flexibility index (Phi) is 7.26. The van der Waals surface area contributed by atoms with Crippen molar-refractivity contribution in [1.82, 2.24) is 10.2 Å². The number of carbonyl (C=O) groups excluding carboxylic acids is 2. The third kappa shape index (κ3) is 4.97. The zero-order valence-electron chi connectivity index (χ0n) is 19.8. The van der Waals surface area contributed by atoms with E-state index in [2.05, 4.69) is 36.3 Å². The Labute approximate surface area is 203 Å². The highest BCUT2D eigenvalue weighted by Crippen LogP contribution is 2.45. The van der Waals surface area contributed by atoms with Gasteiger partial charge in [-0.2, -0.15) is 0 Å². The normalized spacial score (nSPS) is 17.4. The molecular formula is C26H29N3O4S. The number of allylic oxidation sites excluding steroid dienone is 1. The number of carbonyl (C=O) groups is 2. The largest absolute Gasteiger partial charge is 0.467 e. The number of fused-ring (bicyclic) bond motifs is 1. The van der Waals surface area contributed by atoms with Crippen molar-refractivity contribution in [3.63, 3.8) is 0 Å². The molecule has 0 aliphatic carbocycles. The number of hydrogen-bond donors (Lipinski definition) is 1. The van der Waals surface area contributed by atoms with Crippen LogP contribution in [0.15, 0.2) is 74.4 Å². The van der Waals surface area contributed by atoms with Crippen molar-refractivity contribution >= 4 is 28.8 Å². The Bertz CT molecular complexity index is 1150. The molecule has 0 spiro atoms. The standard InChI is InChI=1S/C26H29N3O4S/c1-5-32-25(31)23-17(4)28-26-29(24(23)19-10-8-18(9-11-19)16(2)3)20(15-34-26)13-22(30)27-14-21-7-6-12-33-21/h6-12,15-16,24H,5,13-14H2,1-4H3,(H,27,30)/t24-/m0/s1. The number of rotatable bonds is 8. The number of esters is 1. The Morgan fingerprint density at radius 3 is 2.65 bits per heavy atom. The topological polar surface area (TPSA) is 84.1 Å². The van der Waals surface area contributed by atoms with Gasteiger partial charge in [0.2, 0.25) is 5.91 Å². The summed E-state index contributed by atoms with van der Waals surface area (Å²) in [7, 11) is 0. The Morgan fingerprint density at radius 1 is 1.24 bits per heavy atom. The van der Waals surface area contributed by atoms with Gasteiger partial charge in [0.1, 0.15) is 5.76 Å². The van der Waals surface area contributed by atoms with Gasteiger partial charge < -0.3 is 19.4 Å². The van der Waals surface area contributed by atoms with E-state index in [1.54, 1.807) is 19.3 Å². The summed E-state index contributed by atoms with van der Waals surface area (Å²) in [6.07, 6.45) is 1.73. The number of hydrogen-bond acceptors (Lipinski definition) is 7. The summed E-state index contributed by atoms with van der Waals surface area (Å²) >= 11 is 1.46. The minimum absolute atomic E-state index is 0.137. The Morgan fingerprint density at radius 2 is 2.00 bits per heavy atom. The van der Waals surface area contributed by atoms with Gasteiger partial charge in [0.05, 0.1) is 43.1 Å². The van der Waals surface area contributed by atoms with E-state index in [1.807, 2.05) is 35.4 Å². The lowest BCUT2D eigenvalue weighted by Crippen LogP contribution is -2.38. The van der Waals surface area contributed by atoms with Crippen LogP contribution in [0.2, 0.25) is 0 Å². The van der Waals surface area contributed by atoms with E-state index in [0.717, 1.165) is 16.4 Å². The molecule has 178 valence electrons. The van der Waals surface area contributed by atoms with Crippen LogP contribution in [-0.2, 0) is 20.9 Å². The number of benzene rings is 1. The molecule has 0 saturated carbocycles. The number of nitrogens with zero attached hydrogens (tertiary/aromatic N) is 2. The minimum atomic E-state index is -0.424. The maximum absolute atomic E-state index is 13.0. The number of furan rings is 1. The second-order valence-electron chi connectivity index (χ2n) is 8.47. The van der Waals surface area contributed by atoms with E-state index in [0.29, 0.717) is 29.5 Å². The van der Waals surface area contributed by atoms with Crippen LogP contribution in [-0.4, -0.2) is 28.6 Å². The number of amides is 1. The molecule has 1 atom stereocenters. The first kappa shape index (κ1) is 23.9. The van der Waals surface area contributed by atoms with Crippen LogP contribution in [0.3, 0.4) is 0 Å². The predicted molar refractivity (Wildman–Crippen MR) is 133 cm³/mol. The average Bonchev–Trinajstić information content (AvgIpc) is 3.47. The molecule has 0 saturated heterocycles. The molecule has 0 bridgehead atoms. The molecule has 8 heteroatoms. The molecule has 0 radical (unpaired) electrons. The molecule has 2 aromatic rings. The quantitative estimate of drug-likeness (QED) is 0.521. The summed E-state index contributed by atoms with van der Waals surface area (Å²) in [6.45, 7) is 8.51. The van der Waals surface area contributed by atoms with Gasteiger partial charge in [0.15, 0.2) is 5.17 Å². The molecule has 0 fully saturated rings.